The summed E-state index contributed by atoms with van der Waals surface area (Å²) >= 11 is 0. The Morgan fingerprint density at radius 3 is 1.07 bits per heavy atom. The van der Waals surface area contributed by atoms with E-state index in [0.29, 0.717) is 46.1 Å². The molecule has 0 aliphatic heterocycles. The molecule has 0 fully saturated rings. The molecule has 9 heteroatoms. The van der Waals surface area contributed by atoms with Gasteiger partial charge in [-0.1, -0.05) is 71.6 Å². The van der Waals surface area contributed by atoms with E-state index in [-0.39, 0.29) is 55.3 Å². The number of hydrogen-bond acceptors (Lipinski definition) is 9. The summed E-state index contributed by atoms with van der Waals surface area (Å²) in [5.74, 6) is -0.137. The average Bonchev–Trinajstić information content (AvgIpc) is 3.04. The van der Waals surface area contributed by atoms with E-state index in [1.54, 1.807) is 0 Å². The first-order valence-corrected chi connectivity index (χ1v) is 18.5. The highest BCUT2D eigenvalue weighted by atomic mass is 16.6. The highest BCUT2D eigenvalue weighted by Crippen LogP contribution is 2.11. The summed E-state index contributed by atoms with van der Waals surface area (Å²) in [6.45, 7) is 22.3. The Hall–Kier alpha value is -0.810. The third kappa shape index (κ3) is 30.5. The van der Waals surface area contributed by atoms with Crippen LogP contribution in [0.25, 0.3) is 0 Å². The van der Waals surface area contributed by atoms with Crippen molar-refractivity contribution in [1.29, 1.82) is 0 Å². The number of esters is 1. The Kier molecular flexibility index (Phi) is 30.9. The van der Waals surface area contributed by atoms with Crippen molar-refractivity contribution in [1.82, 2.24) is 0 Å². The molecule has 0 saturated heterocycles. The lowest BCUT2D eigenvalue weighted by Crippen LogP contribution is -2.30. The molecule has 0 bridgehead atoms. The van der Waals surface area contributed by atoms with E-state index in [2.05, 4.69) is 13.8 Å². The number of carbonyl (C=O) groups is 1. The molecule has 9 nitrogen and oxygen atoms in total. The second-order valence-electron chi connectivity index (χ2n) is 13.2. The summed E-state index contributed by atoms with van der Waals surface area (Å²) in [4.78, 5) is 12.0. The molecule has 0 saturated carbocycles. The van der Waals surface area contributed by atoms with Crippen LogP contribution < -0.4 is 0 Å². The number of unbranched alkanes of at least 4 members (excludes halogenated alkanes) is 9. The van der Waals surface area contributed by atoms with Crippen LogP contribution in [-0.4, -0.2) is 102 Å². The number of ether oxygens (including phenoxy) is 8. The molecule has 0 aliphatic carbocycles. The summed E-state index contributed by atoms with van der Waals surface area (Å²) in [5.41, 5.74) is 0. The normalized spacial score (nSPS) is 16.5. The molecule has 7 unspecified atom stereocenters. The smallest absolute Gasteiger partial charge is 0.305 e. The van der Waals surface area contributed by atoms with Crippen molar-refractivity contribution in [3.8, 4) is 0 Å². The average molecular weight is 663 g/mol. The van der Waals surface area contributed by atoms with E-state index in [1.165, 1.54) is 44.9 Å². The van der Waals surface area contributed by atoms with Gasteiger partial charge in [-0.25, -0.2) is 0 Å². The zero-order valence-corrected chi connectivity index (χ0v) is 31.4. The first-order chi connectivity index (χ1) is 22.1. The molecular weight excluding hydrogens is 588 g/mol. The molecule has 0 amide bonds. The summed E-state index contributed by atoms with van der Waals surface area (Å²) in [6.07, 6.45) is 13.4. The van der Waals surface area contributed by atoms with Gasteiger partial charge in [0.25, 0.3) is 0 Å². The molecule has 0 rings (SSSR count). The first-order valence-electron chi connectivity index (χ1n) is 18.5. The van der Waals surface area contributed by atoms with Crippen LogP contribution >= 0.6 is 0 Å². The maximum Gasteiger partial charge on any atom is 0.305 e. The molecule has 276 valence electrons. The topological polar surface area (TPSA) is 90.9 Å². The molecule has 0 radical (unpaired) electrons. The van der Waals surface area contributed by atoms with E-state index < -0.39 is 0 Å². The Morgan fingerprint density at radius 2 is 0.696 bits per heavy atom. The molecule has 0 aromatic heterocycles. The summed E-state index contributed by atoms with van der Waals surface area (Å²) in [7, 11) is 0. The molecule has 46 heavy (non-hydrogen) atoms. The fourth-order valence-electron chi connectivity index (χ4n) is 4.43. The number of carbonyl (C=O) groups excluding carboxylic acids is 1. The van der Waals surface area contributed by atoms with E-state index >= 15 is 0 Å². The molecular formula is C37H74O9. The van der Waals surface area contributed by atoms with Crippen molar-refractivity contribution < 1.29 is 42.7 Å². The van der Waals surface area contributed by atoms with Gasteiger partial charge in [-0.2, -0.15) is 0 Å². The summed E-state index contributed by atoms with van der Waals surface area (Å²) in [5, 5.41) is 0. The lowest BCUT2D eigenvalue weighted by Gasteiger charge is -2.23. The maximum atomic E-state index is 12.0. The summed E-state index contributed by atoms with van der Waals surface area (Å²) < 4.78 is 46.4. The number of rotatable bonds is 34. The quantitative estimate of drug-likeness (QED) is 0.0501. The molecule has 0 spiro atoms. The molecule has 0 heterocycles. The van der Waals surface area contributed by atoms with Gasteiger partial charge >= 0.3 is 5.97 Å². The second-order valence-corrected chi connectivity index (χ2v) is 13.2. The van der Waals surface area contributed by atoms with Crippen molar-refractivity contribution >= 4 is 5.97 Å². The Morgan fingerprint density at radius 1 is 0.391 bits per heavy atom. The highest BCUT2D eigenvalue weighted by molar-refractivity contribution is 5.69. The van der Waals surface area contributed by atoms with E-state index in [9.17, 15) is 4.79 Å². The Balaban J connectivity index is 3.80. The largest absolute Gasteiger partial charge is 0.463 e. The number of hydrogen-bond donors (Lipinski definition) is 0. The van der Waals surface area contributed by atoms with Crippen molar-refractivity contribution in [2.75, 3.05) is 52.9 Å². The van der Waals surface area contributed by atoms with Gasteiger partial charge in [-0.3, -0.25) is 4.79 Å². The lowest BCUT2D eigenvalue weighted by atomic mass is 10.1. The van der Waals surface area contributed by atoms with Crippen LogP contribution in [0.5, 0.6) is 0 Å². The third-order valence-electron chi connectivity index (χ3n) is 7.56. The van der Waals surface area contributed by atoms with Crippen LogP contribution in [0.1, 0.15) is 139 Å². The SMILES string of the molecule is CCCCCCCCCCCC(=O)OCC(C)OCC(C)OCC(C)OCC(C)OCC(C)OCC(C)OCC(C)OCCCC. The fraction of sp³-hybridized carbons (Fsp3) is 0.973. The van der Waals surface area contributed by atoms with E-state index in [1.807, 2.05) is 48.5 Å². The third-order valence-corrected chi connectivity index (χ3v) is 7.56. The minimum absolute atomic E-state index is 0.00553. The first kappa shape index (κ1) is 45.2. The predicted octanol–water partition coefficient (Wildman–Crippen LogP) is 8.09. The van der Waals surface area contributed by atoms with Crippen LogP contribution in [0.15, 0.2) is 0 Å². The maximum absolute atomic E-state index is 12.0. The van der Waals surface area contributed by atoms with Gasteiger partial charge in [-0.15, -0.1) is 0 Å². The minimum Gasteiger partial charge on any atom is -0.463 e. The standard InChI is InChI=1S/C37H74O9/c1-10-12-14-15-16-17-18-19-20-21-37(38)46-29-36(9)45-28-35(8)44-27-34(7)43-26-33(6)42-25-32(5)41-24-31(4)40-23-30(3)39-22-13-11-2/h30-36H,10-29H2,1-9H3. The van der Waals surface area contributed by atoms with Crippen molar-refractivity contribution in [2.24, 2.45) is 0 Å². The minimum atomic E-state index is -0.175. The Labute approximate surface area is 283 Å². The molecule has 7 atom stereocenters. The van der Waals surface area contributed by atoms with Gasteiger partial charge in [-0.05, 0) is 61.3 Å². The van der Waals surface area contributed by atoms with Crippen molar-refractivity contribution in [3.63, 3.8) is 0 Å². The predicted molar refractivity (Wildman–Crippen MR) is 186 cm³/mol. The van der Waals surface area contributed by atoms with Gasteiger partial charge in [0, 0.05) is 13.0 Å². The van der Waals surface area contributed by atoms with Crippen LogP contribution in [0, 0.1) is 0 Å². The zero-order valence-electron chi connectivity index (χ0n) is 31.4. The van der Waals surface area contributed by atoms with Gasteiger partial charge in [0.1, 0.15) is 6.61 Å². The van der Waals surface area contributed by atoms with Crippen molar-refractivity contribution in [3.05, 3.63) is 0 Å². The van der Waals surface area contributed by atoms with Crippen LogP contribution in [-0.2, 0) is 42.7 Å². The molecule has 0 aliphatic rings. The van der Waals surface area contributed by atoms with E-state index in [4.69, 9.17) is 37.9 Å². The van der Waals surface area contributed by atoms with Gasteiger partial charge in [0.2, 0.25) is 0 Å². The fourth-order valence-corrected chi connectivity index (χ4v) is 4.43. The Bertz CT molecular complexity index is 665. The van der Waals surface area contributed by atoms with Crippen molar-refractivity contribution in [2.45, 2.75) is 182 Å². The van der Waals surface area contributed by atoms with Crippen LogP contribution in [0.3, 0.4) is 0 Å². The monoisotopic (exact) mass is 663 g/mol. The van der Waals surface area contributed by atoms with Gasteiger partial charge in [0.05, 0.1) is 82.4 Å². The van der Waals surface area contributed by atoms with Crippen LogP contribution in [0.2, 0.25) is 0 Å². The molecule has 0 aromatic rings. The zero-order chi connectivity index (χ0) is 34.4. The van der Waals surface area contributed by atoms with Gasteiger partial charge < -0.3 is 37.9 Å². The second kappa shape index (κ2) is 31.5. The highest BCUT2D eigenvalue weighted by Gasteiger charge is 2.15. The van der Waals surface area contributed by atoms with E-state index in [0.717, 1.165) is 32.3 Å². The lowest BCUT2D eigenvalue weighted by molar-refractivity contribution is -0.149. The summed E-state index contributed by atoms with van der Waals surface area (Å²) in [6, 6.07) is 0. The molecule has 0 aromatic carbocycles. The molecule has 0 N–H and O–H groups in total. The van der Waals surface area contributed by atoms with Crippen LogP contribution in [0.4, 0.5) is 0 Å². The van der Waals surface area contributed by atoms with Gasteiger partial charge in [0.15, 0.2) is 0 Å².